The van der Waals surface area contributed by atoms with Crippen LogP contribution >= 0.6 is 0 Å². The first-order chi connectivity index (χ1) is 11.2. The highest BCUT2D eigenvalue weighted by Crippen LogP contribution is 2.40. The molecule has 0 radical (unpaired) electrons. The van der Waals surface area contributed by atoms with Gasteiger partial charge < -0.3 is 9.84 Å². The molecule has 1 N–H and O–H groups in total. The lowest BCUT2D eigenvalue weighted by atomic mass is 10.1. The molecule has 1 aromatic carbocycles. The van der Waals surface area contributed by atoms with Crippen LogP contribution in [0.2, 0.25) is 0 Å². The molecule has 8 heteroatoms. The minimum Gasteiger partial charge on any atom is -0.494 e. The van der Waals surface area contributed by atoms with E-state index in [9.17, 15) is 23.1 Å². The van der Waals surface area contributed by atoms with Crippen molar-refractivity contribution in [3.8, 4) is 5.75 Å². The number of carbonyl (C=O) groups excluding carboxylic acids is 1. The van der Waals surface area contributed by atoms with Crippen molar-refractivity contribution in [2.24, 2.45) is 5.10 Å². The number of ether oxygens (including phenoxy) is 1. The summed E-state index contributed by atoms with van der Waals surface area (Å²) in [5.74, 6) is -0.501. The normalized spacial score (nSPS) is 20.9. The molecule has 0 saturated heterocycles. The third-order valence-corrected chi connectivity index (χ3v) is 3.64. The Morgan fingerprint density at radius 1 is 1.38 bits per heavy atom. The van der Waals surface area contributed by atoms with E-state index in [2.05, 4.69) is 5.10 Å². The highest BCUT2D eigenvalue weighted by molar-refractivity contribution is 5.97. The van der Waals surface area contributed by atoms with Gasteiger partial charge in [-0.05, 0) is 37.6 Å². The molecule has 5 nitrogen and oxygen atoms in total. The Balaban J connectivity index is 2.18. The number of hydrogen-bond donors (Lipinski definition) is 1. The molecule has 1 amide bonds. The molecule has 1 aromatic rings. The van der Waals surface area contributed by atoms with Gasteiger partial charge in [0.05, 0.1) is 6.61 Å². The first-order valence-corrected chi connectivity index (χ1v) is 7.59. The maximum absolute atomic E-state index is 13.1. The van der Waals surface area contributed by atoms with E-state index in [1.54, 1.807) is 0 Å². The molecule has 0 spiro atoms. The molecule has 0 aromatic heterocycles. The van der Waals surface area contributed by atoms with Crippen LogP contribution in [0.15, 0.2) is 29.4 Å². The van der Waals surface area contributed by atoms with Crippen LogP contribution in [0.1, 0.15) is 43.5 Å². The Kier molecular flexibility index (Phi) is 5.17. The van der Waals surface area contributed by atoms with Gasteiger partial charge in [0, 0.05) is 17.7 Å². The molecule has 24 heavy (non-hydrogen) atoms. The van der Waals surface area contributed by atoms with Gasteiger partial charge in [-0.25, -0.2) is 0 Å². The van der Waals surface area contributed by atoms with Crippen molar-refractivity contribution in [2.45, 2.75) is 45.0 Å². The monoisotopic (exact) mass is 344 g/mol. The SMILES string of the molecule is CCCCOc1ccc(C(=O)N2N=C(C)C[C@@]2(O)C(F)(F)F)cc1. The van der Waals surface area contributed by atoms with Crippen LogP contribution in [0.5, 0.6) is 5.75 Å². The van der Waals surface area contributed by atoms with Crippen molar-refractivity contribution in [2.75, 3.05) is 6.61 Å². The molecule has 1 aliphatic heterocycles. The van der Waals surface area contributed by atoms with Crippen LogP contribution in [0, 0.1) is 0 Å². The van der Waals surface area contributed by atoms with Gasteiger partial charge in [-0.2, -0.15) is 23.3 Å². The number of amides is 1. The minimum atomic E-state index is -5.01. The zero-order valence-corrected chi connectivity index (χ0v) is 13.4. The van der Waals surface area contributed by atoms with Gasteiger partial charge in [0.25, 0.3) is 11.6 Å². The van der Waals surface area contributed by atoms with Crippen molar-refractivity contribution >= 4 is 11.6 Å². The van der Waals surface area contributed by atoms with E-state index in [1.165, 1.54) is 31.2 Å². The predicted octanol–water partition coefficient (Wildman–Crippen LogP) is 3.34. The van der Waals surface area contributed by atoms with Gasteiger partial charge in [0.2, 0.25) is 0 Å². The molecule has 1 atom stereocenters. The zero-order chi connectivity index (χ0) is 18.0. The number of rotatable bonds is 5. The Hall–Kier alpha value is -2.09. The quantitative estimate of drug-likeness (QED) is 0.834. The van der Waals surface area contributed by atoms with Crippen molar-refractivity contribution in [3.63, 3.8) is 0 Å². The summed E-state index contributed by atoms with van der Waals surface area (Å²) in [7, 11) is 0. The average Bonchev–Trinajstić information content (AvgIpc) is 2.83. The van der Waals surface area contributed by atoms with E-state index in [4.69, 9.17) is 4.74 Å². The van der Waals surface area contributed by atoms with Crippen LogP contribution < -0.4 is 4.74 Å². The van der Waals surface area contributed by atoms with Crippen LogP contribution in [0.25, 0.3) is 0 Å². The van der Waals surface area contributed by atoms with Crippen LogP contribution in [-0.2, 0) is 0 Å². The first-order valence-electron chi connectivity index (χ1n) is 7.59. The molecule has 0 fully saturated rings. The Morgan fingerprint density at radius 2 is 2.00 bits per heavy atom. The number of carbonyl (C=O) groups is 1. The van der Waals surface area contributed by atoms with Crippen LogP contribution in [-0.4, -0.2) is 40.2 Å². The number of nitrogens with zero attached hydrogens (tertiary/aromatic N) is 2. The van der Waals surface area contributed by atoms with E-state index in [-0.39, 0.29) is 16.3 Å². The number of alkyl halides is 3. The third-order valence-electron chi connectivity index (χ3n) is 3.64. The Labute approximate surface area is 137 Å². The summed E-state index contributed by atoms with van der Waals surface area (Å²) in [4.78, 5) is 12.3. The van der Waals surface area contributed by atoms with E-state index >= 15 is 0 Å². The predicted molar refractivity (Wildman–Crippen MR) is 81.7 cm³/mol. The van der Waals surface area contributed by atoms with E-state index in [1.807, 2.05) is 6.92 Å². The van der Waals surface area contributed by atoms with Gasteiger partial charge in [-0.1, -0.05) is 13.3 Å². The lowest BCUT2D eigenvalue weighted by Crippen LogP contribution is -2.56. The second kappa shape index (κ2) is 6.80. The summed E-state index contributed by atoms with van der Waals surface area (Å²) in [6.07, 6.45) is -3.92. The van der Waals surface area contributed by atoms with Gasteiger partial charge in [0.1, 0.15) is 5.75 Å². The van der Waals surface area contributed by atoms with Crippen molar-refractivity contribution in [3.05, 3.63) is 29.8 Å². The number of hydrazone groups is 1. The number of aliphatic hydroxyl groups is 1. The van der Waals surface area contributed by atoms with Crippen molar-refractivity contribution < 1.29 is 27.8 Å². The second-order valence-electron chi connectivity index (χ2n) is 5.67. The molecule has 132 valence electrons. The summed E-state index contributed by atoms with van der Waals surface area (Å²) in [5.41, 5.74) is -3.30. The third kappa shape index (κ3) is 3.53. The van der Waals surface area contributed by atoms with Gasteiger partial charge in [0.15, 0.2) is 0 Å². The summed E-state index contributed by atoms with van der Waals surface area (Å²) in [6, 6.07) is 5.71. The van der Waals surface area contributed by atoms with Gasteiger partial charge in [-0.3, -0.25) is 4.79 Å². The fraction of sp³-hybridized carbons (Fsp3) is 0.500. The topological polar surface area (TPSA) is 62.1 Å². The van der Waals surface area contributed by atoms with Gasteiger partial charge in [-0.15, -0.1) is 0 Å². The largest absolute Gasteiger partial charge is 0.494 e. The van der Waals surface area contributed by atoms with E-state index in [0.29, 0.717) is 12.4 Å². The minimum absolute atomic E-state index is 0.0148. The molecule has 1 heterocycles. The number of hydrogen-bond acceptors (Lipinski definition) is 4. The number of unbranched alkanes of at least 4 members (excludes halogenated alkanes) is 1. The van der Waals surface area contributed by atoms with Crippen molar-refractivity contribution in [1.29, 1.82) is 0 Å². The summed E-state index contributed by atoms with van der Waals surface area (Å²) < 4.78 is 44.9. The zero-order valence-electron chi connectivity index (χ0n) is 13.4. The van der Waals surface area contributed by atoms with Crippen LogP contribution in [0.4, 0.5) is 13.2 Å². The van der Waals surface area contributed by atoms with Crippen molar-refractivity contribution in [1.82, 2.24) is 5.01 Å². The standard InChI is InChI=1S/C16H19F3N2O3/c1-3-4-9-24-13-7-5-12(6-8-13)14(22)21-15(23,16(17,18)19)10-11(2)20-21/h5-8,23H,3-4,9-10H2,1-2H3/t15-/m1/s1. The maximum Gasteiger partial charge on any atom is 0.438 e. The summed E-state index contributed by atoms with van der Waals surface area (Å²) >= 11 is 0. The Bertz CT molecular complexity index is 628. The highest BCUT2D eigenvalue weighted by atomic mass is 19.4. The molecule has 2 rings (SSSR count). The molecule has 0 bridgehead atoms. The molecule has 1 aliphatic rings. The fourth-order valence-electron chi connectivity index (χ4n) is 2.30. The molecule has 0 aliphatic carbocycles. The second-order valence-corrected chi connectivity index (χ2v) is 5.67. The van der Waals surface area contributed by atoms with E-state index in [0.717, 1.165) is 12.8 Å². The fourth-order valence-corrected chi connectivity index (χ4v) is 2.30. The number of benzene rings is 1. The molecular formula is C16H19F3N2O3. The lowest BCUT2D eigenvalue weighted by Gasteiger charge is -2.32. The highest BCUT2D eigenvalue weighted by Gasteiger charge is 2.62. The first kappa shape index (κ1) is 18.3. The smallest absolute Gasteiger partial charge is 0.438 e. The summed E-state index contributed by atoms with van der Waals surface area (Å²) in [6.45, 7) is 3.87. The maximum atomic E-state index is 13.1. The van der Waals surface area contributed by atoms with Gasteiger partial charge >= 0.3 is 6.18 Å². The van der Waals surface area contributed by atoms with Crippen LogP contribution in [0.3, 0.4) is 0 Å². The summed E-state index contributed by atoms with van der Waals surface area (Å²) in [5, 5.41) is 13.6. The molecule has 0 unspecified atom stereocenters. The molecule has 0 saturated carbocycles. The average molecular weight is 344 g/mol. The lowest BCUT2D eigenvalue weighted by molar-refractivity contribution is -0.297. The number of halogens is 3. The Morgan fingerprint density at radius 3 is 2.54 bits per heavy atom. The van der Waals surface area contributed by atoms with E-state index < -0.39 is 24.2 Å². The molecular weight excluding hydrogens is 325 g/mol.